The average Bonchev–Trinajstić information content (AvgIpc) is 2.69. The summed E-state index contributed by atoms with van der Waals surface area (Å²) in [5, 5.41) is 2.68. The Balaban J connectivity index is 0.00000133. The number of fused-ring (bicyclic) bond motifs is 1. The van der Waals surface area contributed by atoms with Crippen LogP contribution in [-0.2, 0) is 6.54 Å². The third-order valence-electron chi connectivity index (χ3n) is 5.15. The second-order valence-corrected chi connectivity index (χ2v) is 6.49. The van der Waals surface area contributed by atoms with Gasteiger partial charge in [0.2, 0.25) is 0 Å². The van der Waals surface area contributed by atoms with Gasteiger partial charge in [-0.2, -0.15) is 0 Å². The summed E-state index contributed by atoms with van der Waals surface area (Å²) in [6.07, 6.45) is 10.0. The molecule has 1 spiro atoms. The van der Waals surface area contributed by atoms with Crippen molar-refractivity contribution in [3.05, 3.63) is 35.4 Å². The highest BCUT2D eigenvalue weighted by molar-refractivity contribution is 5.30. The first kappa shape index (κ1) is 14.9. The maximum absolute atomic E-state index is 2.68. The van der Waals surface area contributed by atoms with Crippen molar-refractivity contribution in [1.82, 2.24) is 0 Å². The zero-order valence-corrected chi connectivity index (χ0v) is 12.8. The Morgan fingerprint density at radius 1 is 1.05 bits per heavy atom. The highest BCUT2D eigenvalue weighted by Crippen LogP contribution is 2.35. The fourth-order valence-corrected chi connectivity index (χ4v) is 4.17. The first-order valence-electron chi connectivity index (χ1n) is 7.71. The summed E-state index contributed by atoms with van der Waals surface area (Å²) in [4.78, 5) is 0. The van der Waals surface area contributed by atoms with Gasteiger partial charge in [-0.1, -0.05) is 44.0 Å². The van der Waals surface area contributed by atoms with Gasteiger partial charge in [0.15, 0.2) is 0 Å². The van der Waals surface area contributed by atoms with E-state index in [9.17, 15) is 0 Å². The molecule has 1 fully saturated rings. The van der Waals surface area contributed by atoms with E-state index in [0.717, 1.165) is 5.92 Å². The Bertz CT molecular complexity index is 407. The van der Waals surface area contributed by atoms with E-state index in [1.165, 1.54) is 51.5 Å². The Morgan fingerprint density at radius 3 is 2.47 bits per heavy atom. The van der Waals surface area contributed by atoms with E-state index < -0.39 is 0 Å². The minimum absolute atomic E-state index is 0. The molecule has 1 saturated carbocycles. The molecular weight excluding hydrogens is 254 g/mol. The van der Waals surface area contributed by atoms with Gasteiger partial charge in [0.25, 0.3) is 0 Å². The topological polar surface area (TPSA) is 16.6 Å². The van der Waals surface area contributed by atoms with Gasteiger partial charge in [0.05, 0.1) is 5.54 Å². The van der Waals surface area contributed by atoms with Crippen LogP contribution in [0.5, 0.6) is 0 Å². The first-order chi connectivity index (χ1) is 8.79. The minimum atomic E-state index is 0. The average molecular weight is 280 g/mol. The van der Waals surface area contributed by atoms with Gasteiger partial charge in [-0.05, 0) is 24.3 Å². The van der Waals surface area contributed by atoms with Crippen LogP contribution < -0.4 is 17.7 Å². The van der Waals surface area contributed by atoms with E-state index in [1.807, 2.05) is 0 Å². The van der Waals surface area contributed by atoms with Gasteiger partial charge in [-0.25, -0.2) is 0 Å². The van der Waals surface area contributed by atoms with Crippen molar-refractivity contribution in [2.45, 2.75) is 69.9 Å². The molecule has 1 aliphatic carbocycles. The molecule has 0 radical (unpaired) electrons. The standard InChI is InChI=1S/C17H25N.ClH/c1-14-12-17(10-6-2-3-7-11-17)18-13-15-8-4-5-9-16(14)15;/h4-5,8-9,14,18H,2-3,6-7,10-13H2,1H3;1H. The Labute approximate surface area is 123 Å². The van der Waals surface area contributed by atoms with E-state index in [4.69, 9.17) is 0 Å². The highest BCUT2D eigenvalue weighted by atomic mass is 35.5. The quantitative estimate of drug-likeness (QED) is 0.706. The molecule has 1 aromatic rings. The number of rotatable bonds is 0. The summed E-state index contributed by atoms with van der Waals surface area (Å²) in [6, 6.07) is 9.09. The normalized spacial score (nSPS) is 25.8. The summed E-state index contributed by atoms with van der Waals surface area (Å²) < 4.78 is 0. The van der Waals surface area contributed by atoms with Crippen LogP contribution in [0.3, 0.4) is 0 Å². The molecule has 1 unspecified atom stereocenters. The van der Waals surface area contributed by atoms with Crippen LogP contribution >= 0.6 is 0 Å². The largest absolute Gasteiger partial charge is 1.00 e. The van der Waals surface area contributed by atoms with E-state index >= 15 is 0 Å². The third-order valence-corrected chi connectivity index (χ3v) is 5.15. The van der Waals surface area contributed by atoms with Gasteiger partial charge in [-0.15, -0.1) is 0 Å². The van der Waals surface area contributed by atoms with Gasteiger partial charge < -0.3 is 17.7 Å². The second kappa shape index (κ2) is 6.28. The Morgan fingerprint density at radius 2 is 1.74 bits per heavy atom. The number of benzene rings is 1. The van der Waals surface area contributed by atoms with Crippen molar-refractivity contribution >= 4 is 0 Å². The molecule has 1 aliphatic heterocycles. The molecule has 2 N–H and O–H groups in total. The van der Waals surface area contributed by atoms with Gasteiger partial charge in [-0.3, -0.25) is 0 Å². The molecule has 106 valence electrons. The molecule has 2 aliphatic rings. The zero-order chi connectivity index (χ0) is 12.4. The number of nitrogens with two attached hydrogens (primary N) is 1. The lowest BCUT2D eigenvalue weighted by Crippen LogP contribution is -3.00. The molecule has 19 heavy (non-hydrogen) atoms. The SMILES string of the molecule is CC1CC2(CCCCCC2)[NH2+]Cc2ccccc21.[Cl-]. The minimum Gasteiger partial charge on any atom is -1.00 e. The summed E-state index contributed by atoms with van der Waals surface area (Å²) in [5.74, 6) is 0.734. The number of quaternary nitrogens is 1. The maximum atomic E-state index is 2.68. The lowest BCUT2D eigenvalue weighted by Gasteiger charge is -2.30. The highest BCUT2D eigenvalue weighted by Gasteiger charge is 2.38. The molecular formula is C17H26ClN. The summed E-state index contributed by atoms with van der Waals surface area (Å²) in [7, 11) is 0. The Kier molecular flexibility index (Phi) is 4.92. The molecule has 2 heteroatoms. The number of hydrogen-bond donors (Lipinski definition) is 1. The zero-order valence-electron chi connectivity index (χ0n) is 12.0. The van der Waals surface area contributed by atoms with Gasteiger partial charge >= 0.3 is 0 Å². The second-order valence-electron chi connectivity index (χ2n) is 6.49. The van der Waals surface area contributed by atoms with Crippen molar-refractivity contribution in [3.63, 3.8) is 0 Å². The molecule has 1 atom stereocenters. The van der Waals surface area contributed by atoms with Crippen LogP contribution in [0.4, 0.5) is 0 Å². The molecule has 1 aromatic carbocycles. The first-order valence-corrected chi connectivity index (χ1v) is 7.71. The number of halogens is 1. The number of hydrogen-bond acceptors (Lipinski definition) is 0. The summed E-state index contributed by atoms with van der Waals surface area (Å²) in [5.41, 5.74) is 3.73. The van der Waals surface area contributed by atoms with Crippen LogP contribution in [0.2, 0.25) is 0 Å². The van der Waals surface area contributed by atoms with E-state index in [2.05, 4.69) is 36.5 Å². The van der Waals surface area contributed by atoms with E-state index in [-0.39, 0.29) is 12.4 Å². The van der Waals surface area contributed by atoms with Crippen LogP contribution in [0.25, 0.3) is 0 Å². The molecule has 0 saturated heterocycles. The lowest BCUT2D eigenvalue weighted by molar-refractivity contribution is -0.743. The van der Waals surface area contributed by atoms with E-state index in [1.54, 1.807) is 11.1 Å². The predicted molar refractivity (Wildman–Crippen MR) is 75.5 cm³/mol. The van der Waals surface area contributed by atoms with Crippen molar-refractivity contribution in [2.24, 2.45) is 0 Å². The van der Waals surface area contributed by atoms with Gasteiger partial charge in [0.1, 0.15) is 6.54 Å². The summed E-state index contributed by atoms with van der Waals surface area (Å²) >= 11 is 0. The van der Waals surface area contributed by atoms with Crippen LogP contribution in [0, 0.1) is 0 Å². The maximum Gasteiger partial charge on any atom is 0.102 e. The molecule has 1 nitrogen and oxygen atoms in total. The monoisotopic (exact) mass is 279 g/mol. The molecule has 3 rings (SSSR count). The van der Waals surface area contributed by atoms with Crippen LogP contribution in [0.1, 0.15) is 68.9 Å². The van der Waals surface area contributed by atoms with Crippen molar-refractivity contribution < 1.29 is 17.7 Å². The molecule has 1 heterocycles. The van der Waals surface area contributed by atoms with Crippen molar-refractivity contribution in [2.75, 3.05) is 0 Å². The van der Waals surface area contributed by atoms with Crippen molar-refractivity contribution in [1.29, 1.82) is 0 Å². The lowest BCUT2D eigenvalue weighted by atomic mass is 9.80. The van der Waals surface area contributed by atoms with Crippen LogP contribution in [-0.4, -0.2) is 5.54 Å². The summed E-state index contributed by atoms with van der Waals surface area (Å²) in [6.45, 7) is 3.63. The molecule has 0 bridgehead atoms. The third kappa shape index (κ3) is 3.14. The molecule has 0 amide bonds. The smallest absolute Gasteiger partial charge is 0.102 e. The van der Waals surface area contributed by atoms with E-state index in [0.29, 0.717) is 5.54 Å². The fraction of sp³-hybridized carbons (Fsp3) is 0.647. The molecule has 0 aromatic heterocycles. The van der Waals surface area contributed by atoms with Crippen molar-refractivity contribution in [3.8, 4) is 0 Å². The fourth-order valence-electron chi connectivity index (χ4n) is 4.17. The van der Waals surface area contributed by atoms with Crippen LogP contribution in [0.15, 0.2) is 24.3 Å². The Hall–Kier alpha value is -0.530. The van der Waals surface area contributed by atoms with Gasteiger partial charge in [0, 0.05) is 24.8 Å². The predicted octanol–water partition coefficient (Wildman–Crippen LogP) is 0.354.